The van der Waals surface area contributed by atoms with Crippen LogP contribution in [0.25, 0.3) is 21.5 Å². The van der Waals surface area contributed by atoms with Crippen LogP contribution in [0, 0.1) is 13.8 Å². The lowest BCUT2D eigenvalue weighted by molar-refractivity contribution is -0.404. The highest BCUT2D eigenvalue weighted by molar-refractivity contribution is 5.92. The minimum atomic E-state index is 0.104. The normalized spacial score (nSPS) is 15.7. The Morgan fingerprint density at radius 1 is 0.685 bits per heavy atom. The fourth-order valence-corrected chi connectivity index (χ4v) is 8.10. The van der Waals surface area contributed by atoms with Gasteiger partial charge in [0.05, 0.1) is 11.7 Å². The lowest BCUT2D eigenvalue weighted by Crippen LogP contribution is -2.22. The van der Waals surface area contributed by atoms with E-state index >= 15 is 0 Å². The van der Waals surface area contributed by atoms with E-state index < -0.39 is 0 Å². The first-order valence-electron chi connectivity index (χ1n) is 19.3. The van der Waals surface area contributed by atoms with Crippen LogP contribution in [0.5, 0.6) is 0 Å². The smallest absolute Gasteiger partial charge is 0.208 e. The van der Waals surface area contributed by atoms with Crippen molar-refractivity contribution in [1.82, 2.24) is 5.32 Å². The van der Waals surface area contributed by atoms with Crippen LogP contribution in [0.15, 0.2) is 180 Å². The number of anilines is 2. The average Bonchev–Trinajstić information content (AvgIpc) is 3.21. The summed E-state index contributed by atoms with van der Waals surface area (Å²) in [7, 11) is 4.25. The summed E-state index contributed by atoms with van der Waals surface area (Å²) >= 11 is 0. The Labute approximate surface area is 322 Å². The third kappa shape index (κ3) is 7.51. The van der Waals surface area contributed by atoms with Crippen LogP contribution in [0.1, 0.15) is 55.8 Å². The number of nitrogens with zero attached hydrogens (tertiary/aromatic N) is 2. The van der Waals surface area contributed by atoms with Gasteiger partial charge in [0.1, 0.15) is 7.05 Å². The summed E-state index contributed by atoms with van der Waals surface area (Å²) in [6, 6.07) is 48.1. The summed E-state index contributed by atoms with van der Waals surface area (Å²) in [5, 5.41) is 8.80. The number of para-hydroxylation sites is 2. The maximum Gasteiger partial charge on any atom is 0.208 e. The van der Waals surface area contributed by atoms with Gasteiger partial charge in [0, 0.05) is 36.0 Å². The van der Waals surface area contributed by atoms with Crippen molar-refractivity contribution in [2.45, 2.75) is 53.0 Å². The Balaban J connectivity index is 1.34. The number of rotatable bonds is 10. The topological polar surface area (TPSA) is 18.3 Å². The molecular formula is C51H52N3+. The Bertz CT molecular complexity index is 2400. The number of aryl methyl sites for hydroxylation is 2. The van der Waals surface area contributed by atoms with Crippen LogP contribution >= 0.6 is 0 Å². The van der Waals surface area contributed by atoms with Gasteiger partial charge >= 0.3 is 0 Å². The van der Waals surface area contributed by atoms with Crippen molar-refractivity contribution >= 4 is 44.3 Å². The molecule has 3 nitrogen and oxygen atoms in total. The highest BCUT2D eigenvalue weighted by atomic mass is 15.2. The van der Waals surface area contributed by atoms with Gasteiger partial charge in [-0.3, -0.25) is 0 Å². The maximum atomic E-state index is 3.64. The predicted octanol–water partition coefficient (Wildman–Crippen LogP) is 13.0. The molecule has 0 spiro atoms. The van der Waals surface area contributed by atoms with E-state index in [4.69, 9.17) is 0 Å². The molecule has 0 bridgehead atoms. The Morgan fingerprint density at radius 3 is 1.89 bits per heavy atom. The minimum absolute atomic E-state index is 0.104. The highest BCUT2D eigenvalue weighted by Gasteiger charge is 2.25. The van der Waals surface area contributed by atoms with E-state index in [2.05, 4.69) is 214 Å². The third-order valence-corrected chi connectivity index (χ3v) is 11.2. The molecule has 0 aliphatic heterocycles. The highest BCUT2D eigenvalue weighted by Crippen LogP contribution is 2.41. The summed E-state index contributed by atoms with van der Waals surface area (Å²) in [5.41, 5.74) is 13.9. The molecule has 270 valence electrons. The van der Waals surface area contributed by atoms with Crippen molar-refractivity contribution in [3.05, 3.63) is 197 Å². The molecule has 0 amide bonds. The summed E-state index contributed by atoms with van der Waals surface area (Å²) in [5.74, 6) is 0. The molecule has 0 saturated heterocycles. The van der Waals surface area contributed by atoms with Gasteiger partial charge in [0.15, 0.2) is 5.71 Å². The van der Waals surface area contributed by atoms with Gasteiger partial charge in [-0.05, 0) is 121 Å². The molecule has 54 heavy (non-hydrogen) atoms. The quantitative estimate of drug-likeness (QED) is 0.113. The van der Waals surface area contributed by atoms with Crippen molar-refractivity contribution in [2.24, 2.45) is 0 Å². The Hall–Kier alpha value is -5.77. The number of hydrogen-bond acceptors (Lipinski definition) is 2. The molecule has 0 aromatic heterocycles. The van der Waals surface area contributed by atoms with E-state index in [0.717, 1.165) is 30.6 Å². The Kier molecular flexibility index (Phi) is 11.2. The van der Waals surface area contributed by atoms with Crippen LogP contribution in [-0.2, 0) is 0 Å². The molecule has 7 rings (SSSR count). The van der Waals surface area contributed by atoms with Crippen LogP contribution < -0.4 is 10.2 Å². The maximum absolute atomic E-state index is 3.64. The standard InChI is InChI=1S/C51H52N3/c1-36(50(52-5)48-34-32-40-18-13-15-26-46(40)38(48)3)28-30-42-20-17-21-43(51(42)54(44-22-9-7-10-23-44)45-24-11-8-12-25-45)31-29-37(2)53(6)49-35-33-41-19-14-16-27-47(41)39(49)4/h7-16,18-19,22-35,50,52H,17,20-21H2,1-6H3/q+1/b36-28+,42-30+. The van der Waals surface area contributed by atoms with Crippen molar-refractivity contribution in [3.63, 3.8) is 0 Å². The molecule has 6 aromatic rings. The molecule has 1 aliphatic carbocycles. The number of allylic oxidation sites excluding steroid dienone is 6. The van der Waals surface area contributed by atoms with Crippen LogP contribution in [0.3, 0.4) is 0 Å². The van der Waals surface area contributed by atoms with Crippen LogP contribution in [-0.4, -0.2) is 24.4 Å². The van der Waals surface area contributed by atoms with E-state index in [1.54, 1.807) is 0 Å². The van der Waals surface area contributed by atoms with Crippen molar-refractivity contribution in [3.8, 4) is 0 Å². The lowest BCUT2D eigenvalue weighted by Gasteiger charge is -2.34. The molecule has 1 N–H and O–H groups in total. The van der Waals surface area contributed by atoms with Gasteiger partial charge in [0.2, 0.25) is 5.69 Å². The van der Waals surface area contributed by atoms with Gasteiger partial charge in [-0.1, -0.05) is 121 Å². The predicted molar refractivity (Wildman–Crippen MR) is 233 cm³/mol. The number of benzene rings is 6. The number of fused-ring (bicyclic) bond motifs is 2. The van der Waals surface area contributed by atoms with E-state index in [0.29, 0.717) is 0 Å². The molecule has 0 radical (unpaired) electrons. The van der Waals surface area contributed by atoms with Gasteiger partial charge < -0.3 is 10.2 Å². The first kappa shape index (κ1) is 36.6. The Morgan fingerprint density at radius 2 is 1.26 bits per heavy atom. The summed E-state index contributed by atoms with van der Waals surface area (Å²) < 4.78 is 2.32. The second-order valence-electron chi connectivity index (χ2n) is 14.5. The fraction of sp³-hybridized carbons (Fsp3) is 0.196. The zero-order valence-electron chi connectivity index (χ0n) is 32.6. The molecule has 1 atom stereocenters. The van der Waals surface area contributed by atoms with E-state index in [1.807, 2.05) is 0 Å². The number of hydrogen-bond donors (Lipinski definition) is 1. The molecular weight excluding hydrogens is 655 g/mol. The zero-order chi connectivity index (χ0) is 37.6. The SMILES string of the molecule is CNC(/C(C)=C/C=C1\CCCC(/C=C/C(C)=[N+](\C)c2ccc3ccccc3c2C)=C1N(c1ccccc1)c1ccccc1)c1ccc2ccccc2c1C. The molecule has 1 aliphatic rings. The number of likely N-dealkylation sites (N-methyl/N-ethyl adjacent to an activating group) is 1. The minimum Gasteiger partial charge on any atom is -0.310 e. The van der Waals surface area contributed by atoms with Crippen molar-refractivity contribution < 1.29 is 4.58 Å². The second kappa shape index (κ2) is 16.5. The fourth-order valence-electron chi connectivity index (χ4n) is 8.10. The van der Waals surface area contributed by atoms with Crippen molar-refractivity contribution in [2.75, 3.05) is 19.0 Å². The molecule has 0 saturated carbocycles. The molecule has 0 fully saturated rings. The number of nitrogens with one attached hydrogen (secondary N) is 1. The first-order chi connectivity index (χ1) is 26.4. The van der Waals surface area contributed by atoms with Gasteiger partial charge in [-0.15, -0.1) is 0 Å². The lowest BCUT2D eigenvalue weighted by atomic mass is 9.88. The monoisotopic (exact) mass is 706 g/mol. The first-order valence-corrected chi connectivity index (χ1v) is 19.3. The van der Waals surface area contributed by atoms with Crippen LogP contribution in [0.2, 0.25) is 0 Å². The summed E-state index contributed by atoms with van der Waals surface area (Å²) in [4.78, 5) is 2.46. The van der Waals surface area contributed by atoms with Crippen LogP contribution in [0.4, 0.5) is 17.1 Å². The second-order valence-corrected chi connectivity index (χ2v) is 14.5. The zero-order valence-corrected chi connectivity index (χ0v) is 32.6. The van der Waals surface area contributed by atoms with E-state index in [-0.39, 0.29) is 6.04 Å². The molecule has 0 heterocycles. The molecule has 1 unspecified atom stereocenters. The third-order valence-electron chi connectivity index (χ3n) is 11.2. The van der Waals surface area contributed by atoms with Gasteiger partial charge in [-0.2, -0.15) is 4.58 Å². The molecule has 3 heteroatoms. The largest absolute Gasteiger partial charge is 0.310 e. The van der Waals surface area contributed by atoms with Gasteiger partial charge in [0.25, 0.3) is 0 Å². The van der Waals surface area contributed by atoms with Gasteiger partial charge in [-0.25, -0.2) is 0 Å². The van der Waals surface area contributed by atoms with E-state index in [9.17, 15) is 0 Å². The summed E-state index contributed by atoms with van der Waals surface area (Å²) in [6.07, 6.45) is 12.5. The average molecular weight is 707 g/mol. The van der Waals surface area contributed by atoms with Crippen molar-refractivity contribution in [1.29, 1.82) is 0 Å². The van der Waals surface area contributed by atoms with E-state index in [1.165, 1.54) is 72.1 Å². The summed E-state index contributed by atoms with van der Waals surface area (Å²) in [6.45, 7) is 8.96. The molecule has 6 aromatic carbocycles.